The second-order valence-electron chi connectivity index (χ2n) is 8.57. The average molecular weight is 688 g/mol. The fourth-order valence-corrected chi connectivity index (χ4v) is 6.19. The molecule has 0 aliphatic rings. The van der Waals surface area contributed by atoms with Crippen molar-refractivity contribution in [1.29, 1.82) is 0 Å². The van der Waals surface area contributed by atoms with Crippen molar-refractivity contribution in [2.45, 2.75) is 19.6 Å². The molecule has 4 aromatic carbocycles. The van der Waals surface area contributed by atoms with Gasteiger partial charge in [0.05, 0.1) is 21.7 Å². The number of anilines is 1. The molecule has 0 unspecified atom stereocenters. The van der Waals surface area contributed by atoms with Crippen LogP contribution in [0.2, 0.25) is 0 Å². The summed E-state index contributed by atoms with van der Waals surface area (Å²) in [5.74, 6) is -1.09. The molecule has 0 atom stereocenters. The highest BCUT2D eigenvalue weighted by atomic mass is 32.2. The van der Waals surface area contributed by atoms with E-state index in [1.807, 2.05) is 0 Å². The molecule has 7 N–H and O–H groups in total. The second kappa shape index (κ2) is 11.3. The first kappa shape index (κ1) is 32.5. The summed E-state index contributed by atoms with van der Waals surface area (Å²) >= 11 is 0. The van der Waals surface area contributed by atoms with Gasteiger partial charge in [0.15, 0.2) is 5.75 Å². The molecule has 0 amide bonds. The number of azo groups is 2. The molecule has 0 radical (unpaired) electrons. The van der Waals surface area contributed by atoms with Crippen LogP contribution in [0.25, 0.3) is 10.8 Å². The summed E-state index contributed by atoms with van der Waals surface area (Å²) in [5.41, 5.74) is 2.92. The van der Waals surface area contributed by atoms with Gasteiger partial charge in [-0.25, -0.2) is 0 Å². The number of benzene rings is 4. The van der Waals surface area contributed by atoms with Gasteiger partial charge in [-0.05, 0) is 53.9 Å². The summed E-state index contributed by atoms with van der Waals surface area (Å²) < 4.78 is 133. The van der Waals surface area contributed by atoms with E-state index in [2.05, 4.69) is 20.5 Å². The van der Waals surface area contributed by atoms with Crippen LogP contribution < -0.4 is 5.73 Å². The Morgan fingerprint density at radius 3 is 1.59 bits per heavy atom. The van der Waals surface area contributed by atoms with Gasteiger partial charge in [0.2, 0.25) is 0 Å². The highest BCUT2D eigenvalue weighted by Gasteiger charge is 2.28. The normalized spacial score (nSPS) is 13.3. The predicted molar refractivity (Wildman–Crippen MR) is 151 cm³/mol. The third kappa shape index (κ3) is 6.71. The fourth-order valence-electron chi connectivity index (χ4n) is 3.76. The first-order valence-corrected chi connectivity index (χ1v) is 17.0. The van der Waals surface area contributed by atoms with Crippen molar-refractivity contribution >= 4 is 79.7 Å². The van der Waals surface area contributed by atoms with E-state index in [1.165, 1.54) is 12.1 Å². The Morgan fingerprint density at radius 2 is 1.07 bits per heavy atom. The van der Waals surface area contributed by atoms with Crippen LogP contribution in [0.1, 0.15) is 0 Å². The minimum absolute atomic E-state index is 0.125. The third-order valence-electron chi connectivity index (χ3n) is 5.67. The summed E-state index contributed by atoms with van der Waals surface area (Å²) in [4.78, 5) is -3.42. The molecule has 0 spiro atoms. The monoisotopic (exact) mass is 687 g/mol. The van der Waals surface area contributed by atoms with Gasteiger partial charge >= 0.3 is 0 Å². The van der Waals surface area contributed by atoms with E-state index in [9.17, 15) is 52.4 Å². The molecule has 0 aromatic heterocycles. The minimum atomic E-state index is -5.22. The number of nitrogen functional groups attached to an aromatic ring is 1. The largest absolute Gasteiger partial charge is 0.505 e. The van der Waals surface area contributed by atoms with E-state index in [0.29, 0.717) is 12.1 Å². The maximum atomic E-state index is 12.2. The predicted octanol–water partition coefficient (Wildman–Crippen LogP) is 3.95. The molecule has 0 fully saturated rings. The van der Waals surface area contributed by atoms with E-state index in [0.717, 1.165) is 36.4 Å². The summed E-state index contributed by atoms with van der Waals surface area (Å²) in [6.45, 7) is 0. The zero-order chi connectivity index (χ0) is 32.8. The van der Waals surface area contributed by atoms with Crippen LogP contribution in [0.5, 0.6) is 5.75 Å². The molecule has 0 heterocycles. The van der Waals surface area contributed by atoms with Gasteiger partial charge in [-0.1, -0.05) is 12.1 Å². The Kier molecular flexibility index (Phi) is 8.31. The molecule has 0 aliphatic heterocycles. The molecule has 0 aliphatic carbocycles. The van der Waals surface area contributed by atoms with E-state index < -0.39 is 99.3 Å². The van der Waals surface area contributed by atoms with Crippen molar-refractivity contribution in [2.24, 2.45) is 20.5 Å². The lowest BCUT2D eigenvalue weighted by atomic mass is 10.1. The molecule has 4 rings (SSSR count). The van der Waals surface area contributed by atoms with Gasteiger partial charge in [0.25, 0.3) is 40.5 Å². The van der Waals surface area contributed by atoms with E-state index in [4.69, 9.17) is 10.3 Å². The minimum Gasteiger partial charge on any atom is -0.505 e. The maximum absolute atomic E-state index is 12.2. The number of hydrogen-bond donors (Lipinski definition) is 6. The Labute approximate surface area is 248 Å². The highest BCUT2D eigenvalue weighted by Crippen LogP contribution is 2.48. The Bertz CT molecular complexity index is 2340. The lowest BCUT2D eigenvalue weighted by molar-refractivity contribution is 0.472. The van der Waals surface area contributed by atoms with Gasteiger partial charge in [-0.2, -0.15) is 38.8 Å². The quantitative estimate of drug-likeness (QED) is 0.0868. The van der Waals surface area contributed by atoms with Gasteiger partial charge in [-0.15, -0.1) is 15.3 Å². The third-order valence-corrected chi connectivity index (χ3v) is 9.17. The molecular formula is C22H17N5O13S4. The van der Waals surface area contributed by atoms with E-state index >= 15 is 0 Å². The molecule has 44 heavy (non-hydrogen) atoms. The number of aromatic hydroxyl groups is 1. The molecule has 0 saturated heterocycles. The molecule has 22 heteroatoms. The van der Waals surface area contributed by atoms with Crippen molar-refractivity contribution in [3.8, 4) is 5.75 Å². The van der Waals surface area contributed by atoms with Crippen LogP contribution in [0.15, 0.2) is 101 Å². The van der Waals surface area contributed by atoms with E-state index in [1.54, 1.807) is 0 Å². The Balaban J connectivity index is 2.00. The maximum Gasteiger partial charge on any atom is 0.296 e. The van der Waals surface area contributed by atoms with Crippen LogP contribution in [-0.4, -0.2) is 57.0 Å². The highest BCUT2D eigenvalue weighted by molar-refractivity contribution is 7.86. The summed E-state index contributed by atoms with van der Waals surface area (Å²) in [6.07, 6.45) is 0. The smallest absolute Gasteiger partial charge is 0.296 e. The van der Waals surface area contributed by atoms with Crippen molar-refractivity contribution in [3.63, 3.8) is 0 Å². The number of hydrogen-bond acceptors (Lipinski definition) is 14. The van der Waals surface area contributed by atoms with Crippen LogP contribution in [0.4, 0.5) is 28.4 Å². The molecule has 0 saturated carbocycles. The topological polar surface area (TPSA) is 313 Å². The van der Waals surface area contributed by atoms with Crippen molar-refractivity contribution in [3.05, 3.63) is 60.7 Å². The fraction of sp³-hybridized carbons (Fsp3) is 0. The van der Waals surface area contributed by atoms with Crippen molar-refractivity contribution < 1.29 is 57.0 Å². The molecular weight excluding hydrogens is 671 g/mol. The van der Waals surface area contributed by atoms with Crippen molar-refractivity contribution in [1.82, 2.24) is 0 Å². The molecule has 0 bridgehead atoms. The van der Waals surface area contributed by atoms with Crippen LogP contribution >= 0.6 is 0 Å². The van der Waals surface area contributed by atoms with Crippen LogP contribution in [0, 0.1) is 0 Å². The molecule has 18 nitrogen and oxygen atoms in total. The number of nitrogens with zero attached hydrogens (tertiary/aromatic N) is 4. The first-order chi connectivity index (χ1) is 20.2. The molecule has 232 valence electrons. The average Bonchev–Trinajstić information content (AvgIpc) is 2.90. The first-order valence-electron chi connectivity index (χ1n) is 11.2. The van der Waals surface area contributed by atoms with Gasteiger partial charge in [0, 0.05) is 0 Å². The zero-order valence-corrected chi connectivity index (χ0v) is 24.5. The van der Waals surface area contributed by atoms with Gasteiger partial charge < -0.3 is 10.8 Å². The number of rotatable bonds is 8. The van der Waals surface area contributed by atoms with E-state index in [-0.39, 0.29) is 5.69 Å². The SMILES string of the molecule is Nc1c(N=Nc2ccccc2S(=O)(=O)O)c(S(=O)(=O)O)cc2cc(S(=O)(=O)O)c(N=Nc3ccc(S(=O)(=O)O)cc3)c(O)c12. The Hall–Kier alpha value is -4.42. The van der Waals surface area contributed by atoms with Crippen molar-refractivity contribution in [2.75, 3.05) is 5.73 Å². The summed E-state index contributed by atoms with van der Waals surface area (Å²) in [5, 5.41) is 24.5. The number of fused-ring (bicyclic) bond motifs is 1. The van der Waals surface area contributed by atoms with Crippen LogP contribution in [0.3, 0.4) is 0 Å². The van der Waals surface area contributed by atoms with Crippen LogP contribution in [-0.2, 0) is 40.5 Å². The number of phenols is 1. The Morgan fingerprint density at radius 1 is 0.568 bits per heavy atom. The molecule has 4 aromatic rings. The summed E-state index contributed by atoms with van der Waals surface area (Å²) in [6, 6.07) is 9.78. The standard InChI is InChI=1S/C22H17N5O13S4/c23-19-18-11(9-16(43(35,36)37)20(19)26-25-14-3-1-2-4-15(14)42(32,33)34)10-17(44(38,39)40)21(22(18)28)27-24-12-5-7-13(8-6-12)41(29,30)31/h1-10,28H,23H2,(H,29,30,31)(H,32,33,34)(H,35,36,37)(H,38,39,40). The lowest BCUT2D eigenvalue weighted by Crippen LogP contribution is -2.04. The number of phenolic OH excluding ortho intramolecular Hbond substituents is 1. The van der Waals surface area contributed by atoms with Gasteiger partial charge in [-0.3, -0.25) is 18.2 Å². The zero-order valence-electron chi connectivity index (χ0n) is 21.3. The summed E-state index contributed by atoms with van der Waals surface area (Å²) in [7, 11) is -19.8. The lowest BCUT2D eigenvalue weighted by Gasteiger charge is -2.14. The number of nitrogens with two attached hydrogens (primary N) is 1. The van der Waals surface area contributed by atoms with Gasteiger partial charge in [0.1, 0.15) is 31.7 Å². The second-order valence-corrected chi connectivity index (χ2v) is 14.2.